The summed E-state index contributed by atoms with van der Waals surface area (Å²) < 4.78 is 5.80. The molecule has 1 saturated carbocycles. The van der Waals surface area contributed by atoms with Crippen molar-refractivity contribution in [3.63, 3.8) is 0 Å². The molecule has 3 unspecified atom stereocenters. The van der Waals surface area contributed by atoms with Crippen molar-refractivity contribution in [2.75, 3.05) is 6.61 Å². The second kappa shape index (κ2) is 4.88. The number of hydrogen-bond donors (Lipinski definition) is 2. The second-order valence-electron chi connectivity index (χ2n) is 5.67. The van der Waals surface area contributed by atoms with Gasteiger partial charge in [0.25, 0.3) is 5.91 Å². The summed E-state index contributed by atoms with van der Waals surface area (Å²) in [6, 6.07) is -0.0240. The van der Waals surface area contributed by atoms with Gasteiger partial charge in [-0.2, -0.15) is 5.21 Å². The molecule has 3 rings (SSSR count). The Bertz CT molecular complexity index is 445. The molecular weight excluding hydrogens is 246 g/mol. The molecule has 0 aromatic carbocycles. The Balaban J connectivity index is 1.58. The Labute approximate surface area is 111 Å². The smallest absolute Gasteiger partial charge is 0.252 e. The molecule has 19 heavy (non-hydrogen) atoms. The van der Waals surface area contributed by atoms with Crippen LogP contribution < -0.4 is 5.32 Å². The quantitative estimate of drug-likeness (QED) is 0.811. The zero-order chi connectivity index (χ0) is 13.3. The van der Waals surface area contributed by atoms with Crippen molar-refractivity contribution >= 4 is 5.91 Å². The molecule has 2 aliphatic rings. The van der Waals surface area contributed by atoms with Crippen LogP contribution in [0.4, 0.5) is 0 Å². The molecule has 0 radical (unpaired) electrons. The number of aromatic amines is 1. The molecule has 2 bridgehead atoms. The molecule has 2 heterocycles. The van der Waals surface area contributed by atoms with E-state index in [1.165, 1.54) is 6.42 Å². The van der Waals surface area contributed by atoms with Crippen molar-refractivity contribution in [1.29, 1.82) is 0 Å². The molecular formula is C12H19N5O2. The molecule has 1 amide bonds. The monoisotopic (exact) mass is 265 g/mol. The Kier molecular flexibility index (Phi) is 3.22. The molecule has 1 saturated heterocycles. The highest BCUT2D eigenvalue weighted by molar-refractivity contribution is 5.86. The molecule has 2 fully saturated rings. The van der Waals surface area contributed by atoms with Crippen molar-refractivity contribution in [3.05, 3.63) is 5.82 Å². The van der Waals surface area contributed by atoms with Crippen LogP contribution in [0.25, 0.3) is 0 Å². The van der Waals surface area contributed by atoms with E-state index >= 15 is 0 Å². The third-order valence-corrected chi connectivity index (χ3v) is 4.08. The van der Waals surface area contributed by atoms with Crippen LogP contribution in [-0.4, -0.2) is 44.8 Å². The second-order valence-corrected chi connectivity index (χ2v) is 5.67. The molecule has 104 valence electrons. The highest BCUT2D eigenvalue weighted by atomic mass is 16.5. The van der Waals surface area contributed by atoms with Gasteiger partial charge in [-0.3, -0.25) is 4.79 Å². The van der Waals surface area contributed by atoms with Crippen LogP contribution in [0.2, 0.25) is 0 Å². The predicted molar refractivity (Wildman–Crippen MR) is 66.1 cm³/mol. The molecule has 3 atom stereocenters. The number of carbonyl (C=O) groups excluding carboxylic acids is 1. The molecule has 0 spiro atoms. The minimum Gasteiger partial charge on any atom is -0.365 e. The van der Waals surface area contributed by atoms with Gasteiger partial charge in [0.05, 0.1) is 6.61 Å². The number of ether oxygens (including phenoxy) is 1. The molecule has 1 aromatic rings. The Morgan fingerprint density at radius 1 is 1.68 bits per heavy atom. The summed E-state index contributed by atoms with van der Waals surface area (Å²) >= 11 is 0. The van der Waals surface area contributed by atoms with Gasteiger partial charge < -0.3 is 10.1 Å². The molecule has 1 aliphatic carbocycles. The van der Waals surface area contributed by atoms with Gasteiger partial charge in [0.15, 0.2) is 5.82 Å². The highest BCUT2D eigenvalue weighted by Gasteiger charge is 2.49. The zero-order valence-corrected chi connectivity index (χ0v) is 11.1. The normalized spacial score (nSPS) is 31.1. The van der Waals surface area contributed by atoms with E-state index in [0.29, 0.717) is 18.2 Å². The molecule has 1 aliphatic heterocycles. The zero-order valence-electron chi connectivity index (χ0n) is 11.1. The lowest BCUT2D eigenvalue weighted by molar-refractivity contribution is -0.143. The van der Waals surface area contributed by atoms with Crippen LogP contribution in [-0.2, 0) is 16.0 Å². The summed E-state index contributed by atoms with van der Waals surface area (Å²) in [5.41, 5.74) is -0.575. The fourth-order valence-corrected chi connectivity index (χ4v) is 3.12. The fraction of sp³-hybridized carbons (Fsp3) is 0.833. The fourth-order valence-electron chi connectivity index (χ4n) is 3.12. The SMILES string of the molecule is CC(Cc1nn[nH]n1)NC(=O)C12CCCC(CO1)C2. The molecule has 7 heteroatoms. The van der Waals surface area contributed by atoms with Gasteiger partial charge in [-0.05, 0) is 38.5 Å². The maximum absolute atomic E-state index is 12.4. The van der Waals surface area contributed by atoms with E-state index in [4.69, 9.17) is 4.74 Å². The van der Waals surface area contributed by atoms with Gasteiger partial charge in [-0.15, -0.1) is 10.2 Å². The van der Waals surface area contributed by atoms with Gasteiger partial charge in [-0.25, -0.2) is 0 Å². The summed E-state index contributed by atoms with van der Waals surface area (Å²) in [4.78, 5) is 12.4. The first-order valence-electron chi connectivity index (χ1n) is 6.85. The van der Waals surface area contributed by atoms with Gasteiger partial charge in [0.1, 0.15) is 5.60 Å². The number of hydrogen-bond acceptors (Lipinski definition) is 5. The Morgan fingerprint density at radius 3 is 3.37 bits per heavy atom. The maximum atomic E-state index is 12.4. The summed E-state index contributed by atoms with van der Waals surface area (Å²) in [5, 5.41) is 16.7. The van der Waals surface area contributed by atoms with Crippen molar-refractivity contribution < 1.29 is 9.53 Å². The Morgan fingerprint density at radius 2 is 2.58 bits per heavy atom. The van der Waals surface area contributed by atoms with Crippen LogP contribution in [0.1, 0.15) is 38.4 Å². The van der Waals surface area contributed by atoms with Crippen LogP contribution in [0.3, 0.4) is 0 Å². The van der Waals surface area contributed by atoms with E-state index in [1.807, 2.05) is 6.92 Å². The Hall–Kier alpha value is -1.50. The van der Waals surface area contributed by atoms with E-state index in [2.05, 4.69) is 25.9 Å². The molecule has 7 nitrogen and oxygen atoms in total. The first-order chi connectivity index (χ1) is 9.18. The van der Waals surface area contributed by atoms with E-state index in [0.717, 1.165) is 25.9 Å². The number of fused-ring (bicyclic) bond motifs is 2. The van der Waals surface area contributed by atoms with Gasteiger partial charge in [-0.1, -0.05) is 5.21 Å². The largest absolute Gasteiger partial charge is 0.365 e. The van der Waals surface area contributed by atoms with E-state index in [-0.39, 0.29) is 11.9 Å². The number of carbonyl (C=O) groups is 1. The van der Waals surface area contributed by atoms with Crippen molar-refractivity contribution in [2.24, 2.45) is 5.92 Å². The number of amides is 1. The van der Waals surface area contributed by atoms with Crippen LogP contribution in [0.15, 0.2) is 0 Å². The lowest BCUT2D eigenvalue weighted by Gasteiger charge is -2.31. The number of nitrogens with zero attached hydrogens (tertiary/aromatic N) is 3. The number of aromatic nitrogens is 4. The first-order valence-corrected chi connectivity index (χ1v) is 6.85. The highest BCUT2D eigenvalue weighted by Crippen LogP contribution is 2.41. The van der Waals surface area contributed by atoms with Crippen molar-refractivity contribution in [1.82, 2.24) is 25.9 Å². The minimum atomic E-state index is -0.575. The third kappa shape index (κ3) is 2.47. The van der Waals surface area contributed by atoms with Gasteiger partial charge >= 0.3 is 0 Å². The maximum Gasteiger partial charge on any atom is 0.252 e. The standard InChI is InChI=1S/C12H19N5O2/c1-8(5-10-14-16-17-15-10)13-11(18)12-4-2-3-9(6-12)7-19-12/h8-9H,2-7H2,1H3,(H,13,18)(H,14,15,16,17). The molecule has 2 N–H and O–H groups in total. The summed E-state index contributed by atoms with van der Waals surface area (Å²) in [5.74, 6) is 1.19. The van der Waals surface area contributed by atoms with Gasteiger partial charge in [0.2, 0.25) is 0 Å². The number of tetrazole rings is 1. The average Bonchev–Trinajstić information content (AvgIpc) is 2.98. The summed E-state index contributed by atoms with van der Waals surface area (Å²) in [6.07, 6.45) is 4.55. The lowest BCUT2D eigenvalue weighted by Crippen LogP contribution is -2.50. The van der Waals surface area contributed by atoms with E-state index in [1.54, 1.807) is 0 Å². The van der Waals surface area contributed by atoms with Crippen LogP contribution in [0, 0.1) is 5.92 Å². The van der Waals surface area contributed by atoms with Gasteiger partial charge in [0, 0.05) is 12.5 Å². The van der Waals surface area contributed by atoms with Crippen molar-refractivity contribution in [2.45, 2.75) is 50.7 Å². The molecule has 1 aromatic heterocycles. The first kappa shape index (κ1) is 12.5. The van der Waals surface area contributed by atoms with E-state index in [9.17, 15) is 4.79 Å². The van der Waals surface area contributed by atoms with E-state index < -0.39 is 5.60 Å². The minimum absolute atomic E-state index is 0.0192. The number of H-pyrrole nitrogens is 1. The number of rotatable bonds is 4. The van der Waals surface area contributed by atoms with Crippen LogP contribution >= 0.6 is 0 Å². The number of nitrogens with one attached hydrogen (secondary N) is 2. The summed E-state index contributed by atoms with van der Waals surface area (Å²) in [6.45, 7) is 2.67. The summed E-state index contributed by atoms with van der Waals surface area (Å²) in [7, 11) is 0. The third-order valence-electron chi connectivity index (χ3n) is 4.08. The lowest BCUT2D eigenvalue weighted by atomic mass is 9.80. The van der Waals surface area contributed by atoms with Crippen molar-refractivity contribution in [3.8, 4) is 0 Å². The average molecular weight is 265 g/mol. The topological polar surface area (TPSA) is 92.8 Å². The predicted octanol–water partition coefficient (Wildman–Crippen LogP) is 0.206. The van der Waals surface area contributed by atoms with Crippen LogP contribution in [0.5, 0.6) is 0 Å².